The first kappa shape index (κ1) is 20.5. The fourth-order valence-corrected chi connectivity index (χ4v) is 2.97. The Morgan fingerprint density at radius 3 is 1.65 bits per heavy atom. The number of methoxy groups -OCH3 is 2. The van der Waals surface area contributed by atoms with Gasteiger partial charge >= 0.3 is 0 Å². The van der Waals surface area contributed by atoms with Crippen LogP contribution in [0.25, 0.3) is 0 Å². The molecular weight excluding hydrogens is 375 g/mol. The molecule has 0 aliphatic carbocycles. The third-order valence-corrected chi connectivity index (χ3v) is 4.36. The fraction of sp³-hybridized carbons (Fsp3) is 0.316. The van der Waals surface area contributed by atoms with E-state index >= 15 is 0 Å². The predicted molar refractivity (Wildman–Crippen MR) is 107 cm³/mol. The lowest BCUT2D eigenvalue weighted by molar-refractivity contribution is 0.104. The minimum absolute atomic E-state index is 0.171. The minimum atomic E-state index is -0.171. The number of carbonyl (C=O) groups excluding carboxylic acids is 1. The van der Waals surface area contributed by atoms with Crippen molar-refractivity contribution in [1.82, 2.24) is 0 Å². The summed E-state index contributed by atoms with van der Waals surface area (Å²) in [5.41, 5.74) is 2.12. The molecular formula is C19H22Cl2N2O3. The zero-order chi connectivity index (χ0) is 18.9. The summed E-state index contributed by atoms with van der Waals surface area (Å²) in [4.78, 5) is 13.2. The number of ether oxygens (including phenoxy) is 2. The molecule has 0 bridgehead atoms. The van der Waals surface area contributed by atoms with Crippen molar-refractivity contribution in [1.29, 1.82) is 0 Å². The number of halogens is 2. The molecule has 2 aromatic carbocycles. The van der Waals surface area contributed by atoms with Gasteiger partial charge in [-0.2, -0.15) is 0 Å². The lowest BCUT2D eigenvalue weighted by Crippen LogP contribution is -2.15. The van der Waals surface area contributed by atoms with E-state index in [1.54, 1.807) is 50.6 Å². The molecule has 2 N–H and O–H groups in total. The molecule has 0 fully saturated rings. The maximum Gasteiger partial charge on any atom is 0.197 e. The van der Waals surface area contributed by atoms with Gasteiger partial charge in [0.05, 0.1) is 34.6 Å². The summed E-state index contributed by atoms with van der Waals surface area (Å²) >= 11 is 12.6. The zero-order valence-corrected chi connectivity index (χ0v) is 16.3. The number of nitrogens with one attached hydrogen (secondary N) is 2. The van der Waals surface area contributed by atoms with Crippen LogP contribution in [0.5, 0.6) is 0 Å². The molecule has 0 radical (unpaired) electrons. The highest BCUT2D eigenvalue weighted by Gasteiger charge is 2.20. The van der Waals surface area contributed by atoms with E-state index in [0.29, 0.717) is 58.9 Å². The molecule has 0 aromatic heterocycles. The Labute approximate surface area is 163 Å². The van der Waals surface area contributed by atoms with Crippen LogP contribution in [-0.4, -0.2) is 46.3 Å². The molecule has 2 rings (SSSR count). The van der Waals surface area contributed by atoms with E-state index in [1.807, 2.05) is 0 Å². The van der Waals surface area contributed by atoms with Crippen LogP contribution in [0, 0.1) is 0 Å². The van der Waals surface area contributed by atoms with Crippen molar-refractivity contribution in [3.63, 3.8) is 0 Å². The highest BCUT2D eigenvalue weighted by Crippen LogP contribution is 2.32. The minimum Gasteiger partial charge on any atom is -0.383 e. The Kier molecular flexibility index (Phi) is 8.19. The number of benzene rings is 2. The molecule has 7 heteroatoms. The molecule has 2 aromatic rings. The third-order valence-electron chi connectivity index (χ3n) is 3.73. The van der Waals surface area contributed by atoms with E-state index in [0.717, 1.165) is 0 Å². The second kappa shape index (κ2) is 10.4. The molecule has 5 nitrogen and oxygen atoms in total. The number of carbonyl (C=O) groups is 1. The average Bonchev–Trinajstić information content (AvgIpc) is 2.64. The van der Waals surface area contributed by atoms with E-state index in [1.165, 1.54) is 0 Å². The summed E-state index contributed by atoms with van der Waals surface area (Å²) in [5.74, 6) is -0.171. The van der Waals surface area contributed by atoms with Gasteiger partial charge < -0.3 is 20.1 Å². The molecule has 26 heavy (non-hydrogen) atoms. The number of hydrogen-bond donors (Lipinski definition) is 2. The normalized spacial score (nSPS) is 10.6. The van der Waals surface area contributed by atoms with E-state index in [-0.39, 0.29) is 5.78 Å². The van der Waals surface area contributed by atoms with Crippen molar-refractivity contribution in [3.05, 3.63) is 57.6 Å². The van der Waals surface area contributed by atoms with Gasteiger partial charge in [0.25, 0.3) is 0 Å². The highest BCUT2D eigenvalue weighted by atomic mass is 35.5. The van der Waals surface area contributed by atoms with Gasteiger partial charge in [-0.05, 0) is 24.3 Å². The fourth-order valence-electron chi connectivity index (χ4n) is 2.49. The van der Waals surface area contributed by atoms with Crippen molar-refractivity contribution in [3.8, 4) is 0 Å². The Morgan fingerprint density at radius 2 is 1.27 bits per heavy atom. The van der Waals surface area contributed by atoms with Crippen LogP contribution in [0.1, 0.15) is 15.9 Å². The molecule has 140 valence electrons. The standard InChI is InChI=1S/C19H22Cl2N2O3/c1-25-11-9-22-17-13(5-3-7-15(17)20)19(24)14-6-4-8-16(21)18(14)23-10-12-26-2/h3-8,22-23H,9-12H2,1-2H3. The molecule has 0 aliphatic heterocycles. The Morgan fingerprint density at radius 1 is 0.846 bits per heavy atom. The summed E-state index contributed by atoms with van der Waals surface area (Å²) < 4.78 is 10.1. The molecule has 0 saturated heterocycles. The number of ketones is 1. The summed E-state index contributed by atoms with van der Waals surface area (Å²) in [6.45, 7) is 2.07. The predicted octanol–water partition coefficient (Wildman–Crippen LogP) is 4.34. The van der Waals surface area contributed by atoms with Gasteiger partial charge in [-0.25, -0.2) is 0 Å². The van der Waals surface area contributed by atoms with Crippen LogP contribution < -0.4 is 10.6 Å². The second-order valence-corrected chi connectivity index (χ2v) is 6.31. The summed E-state index contributed by atoms with van der Waals surface area (Å²) in [5, 5.41) is 7.29. The van der Waals surface area contributed by atoms with E-state index in [9.17, 15) is 4.79 Å². The van der Waals surface area contributed by atoms with Crippen molar-refractivity contribution in [2.75, 3.05) is 51.2 Å². The van der Waals surface area contributed by atoms with Crippen LogP contribution >= 0.6 is 23.2 Å². The number of rotatable bonds is 10. The van der Waals surface area contributed by atoms with E-state index in [4.69, 9.17) is 32.7 Å². The van der Waals surface area contributed by atoms with Crippen molar-refractivity contribution < 1.29 is 14.3 Å². The van der Waals surface area contributed by atoms with Crippen LogP contribution in [0.4, 0.5) is 11.4 Å². The SMILES string of the molecule is COCCNc1c(Cl)cccc1C(=O)c1cccc(Cl)c1NCCOC. The smallest absolute Gasteiger partial charge is 0.197 e. The quantitative estimate of drug-likeness (QED) is 0.461. The van der Waals surface area contributed by atoms with Crippen LogP contribution in [0.2, 0.25) is 10.0 Å². The second-order valence-electron chi connectivity index (χ2n) is 5.49. The monoisotopic (exact) mass is 396 g/mol. The van der Waals surface area contributed by atoms with Crippen LogP contribution in [0.15, 0.2) is 36.4 Å². The summed E-state index contributed by atoms with van der Waals surface area (Å²) in [6, 6.07) is 10.5. The van der Waals surface area contributed by atoms with Gasteiger partial charge in [0.1, 0.15) is 0 Å². The lowest BCUT2D eigenvalue weighted by Gasteiger charge is -2.16. The number of para-hydroxylation sites is 2. The third kappa shape index (κ3) is 5.11. The molecule has 0 saturated carbocycles. The van der Waals surface area contributed by atoms with Crippen LogP contribution in [0.3, 0.4) is 0 Å². The van der Waals surface area contributed by atoms with Crippen LogP contribution in [-0.2, 0) is 9.47 Å². The zero-order valence-electron chi connectivity index (χ0n) is 14.8. The number of hydrogen-bond acceptors (Lipinski definition) is 5. The maximum atomic E-state index is 13.2. The Balaban J connectivity index is 2.37. The molecule has 0 amide bonds. The topological polar surface area (TPSA) is 59.6 Å². The van der Waals surface area contributed by atoms with Gasteiger partial charge in [0.2, 0.25) is 0 Å². The first-order valence-corrected chi connectivity index (χ1v) is 8.93. The average molecular weight is 397 g/mol. The first-order chi connectivity index (χ1) is 12.6. The summed E-state index contributed by atoms with van der Waals surface area (Å²) in [7, 11) is 3.23. The molecule has 0 atom stereocenters. The van der Waals surface area contributed by atoms with Gasteiger partial charge in [-0.1, -0.05) is 35.3 Å². The Bertz CT molecular complexity index is 692. The summed E-state index contributed by atoms with van der Waals surface area (Å²) in [6.07, 6.45) is 0. The van der Waals surface area contributed by atoms with Gasteiger partial charge in [-0.3, -0.25) is 4.79 Å². The molecule has 0 aliphatic rings. The molecule has 0 unspecified atom stereocenters. The largest absolute Gasteiger partial charge is 0.383 e. The van der Waals surface area contributed by atoms with Crippen molar-refractivity contribution >= 4 is 40.4 Å². The maximum absolute atomic E-state index is 13.2. The highest BCUT2D eigenvalue weighted by molar-refractivity contribution is 6.36. The Hall–Kier alpha value is -1.79. The van der Waals surface area contributed by atoms with Gasteiger partial charge in [0.15, 0.2) is 5.78 Å². The lowest BCUT2D eigenvalue weighted by atomic mass is 9.99. The van der Waals surface area contributed by atoms with Gasteiger partial charge in [0, 0.05) is 38.4 Å². The van der Waals surface area contributed by atoms with Crippen molar-refractivity contribution in [2.24, 2.45) is 0 Å². The van der Waals surface area contributed by atoms with E-state index < -0.39 is 0 Å². The van der Waals surface area contributed by atoms with Crippen molar-refractivity contribution in [2.45, 2.75) is 0 Å². The number of anilines is 2. The molecule has 0 heterocycles. The molecule has 0 spiro atoms. The van der Waals surface area contributed by atoms with Gasteiger partial charge in [-0.15, -0.1) is 0 Å². The first-order valence-electron chi connectivity index (χ1n) is 8.17. The van der Waals surface area contributed by atoms with E-state index in [2.05, 4.69) is 10.6 Å².